The van der Waals surface area contributed by atoms with Crippen LogP contribution in [-0.4, -0.2) is 69.2 Å². The van der Waals surface area contributed by atoms with Crippen LogP contribution in [0.1, 0.15) is 227 Å². The van der Waals surface area contributed by atoms with Crippen molar-refractivity contribution in [2.45, 2.75) is 233 Å². The fourth-order valence-electron chi connectivity index (χ4n) is 6.70. The molecule has 0 aromatic rings. The summed E-state index contributed by atoms with van der Waals surface area (Å²) >= 11 is 0. The van der Waals surface area contributed by atoms with E-state index < -0.39 is 0 Å². The van der Waals surface area contributed by atoms with Crippen LogP contribution < -0.4 is 0 Å². The zero-order chi connectivity index (χ0) is 38.0. The van der Waals surface area contributed by atoms with Crippen molar-refractivity contribution >= 4 is 11.9 Å². The van der Waals surface area contributed by atoms with Crippen LogP contribution in [0.2, 0.25) is 0 Å². The fourth-order valence-corrected chi connectivity index (χ4v) is 6.70. The van der Waals surface area contributed by atoms with Crippen molar-refractivity contribution in [3.05, 3.63) is 0 Å². The Balaban J connectivity index is 4.28. The molecule has 0 rings (SSSR count). The summed E-state index contributed by atoms with van der Waals surface area (Å²) in [7, 11) is 0. The molecule has 0 N–H and O–H groups in total. The third-order valence-electron chi connectivity index (χ3n) is 10.1. The minimum atomic E-state index is -0.196. The summed E-state index contributed by atoms with van der Waals surface area (Å²) in [5.41, 5.74) is 0. The van der Waals surface area contributed by atoms with Crippen molar-refractivity contribution in [2.24, 2.45) is 0 Å². The predicted molar refractivity (Wildman–Crippen MR) is 220 cm³/mol. The van der Waals surface area contributed by atoms with Crippen LogP contribution in [-0.2, 0) is 28.5 Å². The number of unbranched alkanes of at least 4 members (excludes halogenated alkanes) is 23. The molecule has 7 nitrogen and oxygen atoms in total. The molecule has 0 amide bonds. The maximum Gasteiger partial charge on any atom is 0.305 e. The van der Waals surface area contributed by atoms with E-state index in [4.69, 9.17) is 18.9 Å². The number of ether oxygens (including phenoxy) is 4. The Morgan fingerprint density at radius 2 is 0.808 bits per heavy atom. The highest BCUT2D eigenvalue weighted by atomic mass is 16.7. The van der Waals surface area contributed by atoms with Gasteiger partial charge in [0.2, 0.25) is 0 Å². The second-order valence-electron chi connectivity index (χ2n) is 15.3. The van der Waals surface area contributed by atoms with E-state index in [9.17, 15) is 9.59 Å². The molecule has 0 heterocycles. The Morgan fingerprint density at radius 1 is 0.423 bits per heavy atom. The second-order valence-corrected chi connectivity index (χ2v) is 15.3. The predicted octanol–water partition coefficient (Wildman–Crippen LogP) is 12.9. The molecule has 52 heavy (non-hydrogen) atoms. The van der Waals surface area contributed by atoms with E-state index in [0.717, 1.165) is 90.6 Å². The SMILES string of the molecule is CCCCCCCCCOC(=O)CCCCCCCN(CCCCCCC(OCCCCCCCC)OCCCCCCCC)CCCOC(C)=O. The van der Waals surface area contributed by atoms with Crippen LogP contribution in [0.15, 0.2) is 0 Å². The lowest BCUT2D eigenvalue weighted by Crippen LogP contribution is -2.28. The van der Waals surface area contributed by atoms with Crippen molar-refractivity contribution in [3.63, 3.8) is 0 Å². The zero-order valence-corrected chi connectivity index (χ0v) is 35.3. The van der Waals surface area contributed by atoms with Crippen molar-refractivity contribution in [3.8, 4) is 0 Å². The minimum Gasteiger partial charge on any atom is -0.466 e. The summed E-state index contributed by atoms with van der Waals surface area (Å²) < 4.78 is 23.1. The van der Waals surface area contributed by atoms with E-state index in [0.29, 0.717) is 19.6 Å². The summed E-state index contributed by atoms with van der Waals surface area (Å²) in [4.78, 5) is 25.9. The molecule has 0 aromatic carbocycles. The van der Waals surface area contributed by atoms with Gasteiger partial charge in [0, 0.05) is 33.1 Å². The molecule has 0 atom stereocenters. The van der Waals surface area contributed by atoms with Crippen LogP contribution in [0.4, 0.5) is 0 Å². The standard InChI is InChI=1S/C45H89NO6/c1-5-8-11-14-17-25-30-39-50-44(48)34-26-19-18-21-28-36-46(38-33-42-49-43(4)47)37-29-22-20-27-35-45(51-40-31-23-15-12-9-6-2)52-41-32-24-16-13-10-7-3/h45H,5-42H2,1-4H3. The van der Waals surface area contributed by atoms with E-state index in [1.807, 2.05) is 0 Å². The number of rotatable bonds is 43. The van der Waals surface area contributed by atoms with Crippen molar-refractivity contribution in [1.82, 2.24) is 4.90 Å². The Kier molecular flexibility index (Phi) is 41.6. The molecular formula is C45H89NO6. The van der Waals surface area contributed by atoms with Gasteiger partial charge in [-0.25, -0.2) is 0 Å². The molecule has 0 aliphatic heterocycles. The van der Waals surface area contributed by atoms with Crippen LogP contribution in [0.5, 0.6) is 0 Å². The Bertz CT molecular complexity index is 717. The molecule has 0 aliphatic rings. The van der Waals surface area contributed by atoms with Crippen LogP contribution >= 0.6 is 0 Å². The molecule has 0 bridgehead atoms. The van der Waals surface area contributed by atoms with Gasteiger partial charge in [-0.1, -0.05) is 156 Å². The molecule has 0 fully saturated rings. The zero-order valence-electron chi connectivity index (χ0n) is 35.3. The van der Waals surface area contributed by atoms with Crippen LogP contribution in [0.3, 0.4) is 0 Å². The first-order chi connectivity index (χ1) is 25.5. The van der Waals surface area contributed by atoms with E-state index in [-0.39, 0.29) is 18.2 Å². The molecule has 0 saturated heterocycles. The Morgan fingerprint density at radius 3 is 1.31 bits per heavy atom. The monoisotopic (exact) mass is 740 g/mol. The van der Waals surface area contributed by atoms with Gasteiger partial charge in [-0.05, 0) is 70.9 Å². The molecule has 7 heteroatoms. The number of hydrogen-bond donors (Lipinski definition) is 0. The fraction of sp³-hybridized carbons (Fsp3) is 0.956. The average Bonchev–Trinajstić information content (AvgIpc) is 3.13. The lowest BCUT2D eigenvalue weighted by Gasteiger charge is -2.22. The Labute approximate surface area is 323 Å². The Hall–Kier alpha value is -1.18. The van der Waals surface area contributed by atoms with Gasteiger partial charge in [-0.2, -0.15) is 0 Å². The highest BCUT2D eigenvalue weighted by molar-refractivity contribution is 5.69. The first kappa shape index (κ1) is 50.8. The van der Waals surface area contributed by atoms with Gasteiger partial charge >= 0.3 is 11.9 Å². The lowest BCUT2D eigenvalue weighted by molar-refractivity contribution is -0.148. The molecule has 0 aromatic heterocycles. The van der Waals surface area contributed by atoms with Gasteiger partial charge in [0.15, 0.2) is 6.29 Å². The number of esters is 2. The van der Waals surface area contributed by atoms with Crippen molar-refractivity contribution in [1.29, 1.82) is 0 Å². The quantitative estimate of drug-likeness (QED) is 0.0350. The third-order valence-corrected chi connectivity index (χ3v) is 10.1. The van der Waals surface area contributed by atoms with E-state index >= 15 is 0 Å². The van der Waals surface area contributed by atoms with Crippen LogP contribution in [0, 0.1) is 0 Å². The second kappa shape index (κ2) is 42.6. The smallest absolute Gasteiger partial charge is 0.305 e. The molecule has 0 unspecified atom stereocenters. The topological polar surface area (TPSA) is 74.3 Å². The number of nitrogens with zero attached hydrogens (tertiary/aromatic N) is 1. The largest absolute Gasteiger partial charge is 0.466 e. The number of carbonyl (C=O) groups is 2. The van der Waals surface area contributed by atoms with Crippen molar-refractivity contribution < 1.29 is 28.5 Å². The molecule has 310 valence electrons. The van der Waals surface area contributed by atoms with Crippen molar-refractivity contribution in [2.75, 3.05) is 46.1 Å². The van der Waals surface area contributed by atoms with E-state index in [2.05, 4.69) is 25.7 Å². The van der Waals surface area contributed by atoms with Gasteiger partial charge in [0.25, 0.3) is 0 Å². The third kappa shape index (κ3) is 40.0. The molecule has 0 saturated carbocycles. The average molecular weight is 740 g/mol. The number of hydrogen-bond acceptors (Lipinski definition) is 7. The highest BCUT2D eigenvalue weighted by Gasteiger charge is 2.11. The van der Waals surface area contributed by atoms with Gasteiger partial charge in [0.1, 0.15) is 0 Å². The van der Waals surface area contributed by atoms with Gasteiger partial charge in [0.05, 0.1) is 13.2 Å². The lowest BCUT2D eigenvalue weighted by atomic mass is 10.1. The first-order valence-corrected chi connectivity index (χ1v) is 22.8. The van der Waals surface area contributed by atoms with E-state index in [1.165, 1.54) is 142 Å². The van der Waals surface area contributed by atoms with Gasteiger partial charge < -0.3 is 23.8 Å². The normalized spacial score (nSPS) is 11.6. The minimum absolute atomic E-state index is 0.0261. The first-order valence-electron chi connectivity index (χ1n) is 22.8. The maximum absolute atomic E-state index is 12.1. The summed E-state index contributed by atoms with van der Waals surface area (Å²) in [5, 5.41) is 0. The molecular weight excluding hydrogens is 650 g/mol. The number of carbonyl (C=O) groups excluding carboxylic acids is 2. The molecule has 0 spiro atoms. The molecule has 0 aliphatic carbocycles. The van der Waals surface area contributed by atoms with Crippen LogP contribution in [0.25, 0.3) is 0 Å². The summed E-state index contributed by atoms with van der Waals surface area (Å²) in [5.74, 6) is -0.222. The summed E-state index contributed by atoms with van der Waals surface area (Å²) in [6.45, 7) is 14.1. The summed E-state index contributed by atoms with van der Waals surface area (Å²) in [6.07, 6.45) is 36.8. The van der Waals surface area contributed by atoms with Gasteiger partial charge in [-0.3, -0.25) is 9.59 Å². The highest BCUT2D eigenvalue weighted by Crippen LogP contribution is 2.15. The van der Waals surface area contributed by atoms with Gasteiger partial charge in [-0.15, -0.1) is 0 Å². The maximum atomic E-state index is 12.1. The van der Waals surface area contributed by atoms with E-state index in [1.54, 1.807) is 0 Å². The molecule has 0 radical (unpaired) electrons. The summed E-state index contributed by atoms with van der Waals surface area (Å²) in [6, 6.07) is 0.